The standard InChI is InChI=1S/C17H29FN4.HI/c1-6-7-12-22(5)17(19-2)20-13-16(21(3)4)14-8-10-15(18)11-9-14;/h8-11,16H,6-7,12-13H2,1-5H3,(H,19,20);1H. The molecule has 1 aromatic carbocycles. The van der Waals surface area contributed by atoms with Gasteiger partial charge < -0.3 is 15.1 Å². The van der Waals surface area contributed by atoms with E-state index in [0.29, 0.717) is 0 Å². The molecule has 6 heteroatoms. The second-order valence-corrected chi connectivity index (χ2v) is 5.73. The Bertz CT molecular complexity index is 462. The maximum absolute atomic E-state index is 13.1. The predicted molar refractivity (Wildman–Crippen MR) is 107 cm³/mol. The van der Waals surface area contributed by atoms with Gasteiger partial charge in [-0.1, -0.05) is 25.5 Å². The van der Waals surface area contributed by atoms with Crippen LogP contribution in [-0.4, -0.2) is 57.0 Å². The number of nitrogens with zero attached hydrogens (tertiary/aromatic N) is 3. The molecule has 0 bridgehead atoms. The minimum Gasteiger partial charge on any atom is -0.354 e. The normalized spacial score (nSPS) is 12.7. The summed E-state index contributed by atoms with van der Waals surface area (Å²) in [5.41, 5.74) is 1.09. The maximum atomic E-state index is 13.1. The summed E-state index contributed by atoms with van der Waals surface area (Å²) in [6.45, 7) is 3.89. The van der Waals surface area contributed by atoms with Crippen LogP contribution in [0.4, 0.5) is 4.39 Å². The van der Waals surface area contributed by atoms with Crippen LogP contribution in [0.1, 0.15) is 31.4 Å². The fraction of sp³-hybridized carbons (Fsp3) is 0.588. The SMILES string of the molecule is CCCCN(C)C(=NC)NCC(c1ccc(F)cc1)N(C)C.I. The number of nitrogens with one attached hydrogen (secondary N) is 1. The number of rotatable bonds is 7. The highest BCUT2D eigenvalue weighted by atomic mass is 127. The molecule has 0 aliphatic heterocycles. The Balaban J connectivity index is 0.00000484. The van der Waals surface area contributed by atoms with E-state index in [1.54, 1.807) is 7.05 Å². The summed E-state index contributed by atoms with van der Waals surface area (Å²) in [6, 6.07) is 6.86. The van der Waals surface area contributed by atoms with Gasteiger partial charge >= 0.3 is 0 Å². The fourth-order valence-corrected chi connectivity index (χ4v) is 2.36. The van der Waals surface area contributed by atoms with Crippen molar-refractivity contribution < 1.29 is 4.39 Å². The molecule has 1 N–H and O–H groups in total. The van der Waals surface area contributed by atoms with Gasteiger partial charge in [0.05, 0.1) is 6.04 Å². The first-order valence-electron chi connectivity index (χ1n) is 7.83. The lowest BCUT2D eigenvalue weighted by atomic mass is 10.1. The highest BCUT2D eigenvalue weighted by Crippen LogP contribution is 2.17. The second-order valence-electron chi connectivity index (χ2n) is 5.73. The Morgan fingerprint density at radius 1 is 1.22 bits per heavy atom. The zero-order chi connectivity index (χ0) is 16.5. The van der Waals surface area contributed by atoms with Gasteiger partial charge in [-0.15, -0.1) is 24.0 Å². The molecule has 0 aliphatic rings. The van der Waals surface area contributed by atoms with Gasteiger partial charge in [-0.3, -0.25) is 4.99 Å². The molecular formula is C17H30FIN4. The van der Waals surface area contributed by atoms with Gasteiger partial charge in [-0.25, -0.2) is 4.39 Å². The average Bonchev–Trinajstić information content (AvgIpc) is 2.50. The van der Waals surface area contributed by atoms with Gasteiger partial charge in [-0.2, -0.15) is 0 Å². The van der Waals surface area contributed by atoms with Crippen LogP contribution in [0.3, 0.4) is 0 Å². The van der Waals surface area contributed by atoms with Crippen molar-refractivity contribution in [3.63, 3.8) is 0 Å². The molecule has 0 aromatic heterocycles. The first-order chi connectivity index (χ1) is 10.5. The fourth-order valence-electron chi connectivity index (χ4n) is 2.36. The summed E-state index contributed by atoms with van der Waals surface area (Å²) in [7, 11) is 7.90. The molecule has 1 atom stereocenters. The molecule has 0 amide bonds. The summed E-state index contributed by atoms with van der Waals surface area (Å²) in [4.78, 5) is 8.60. The van der Waals surface area contributed by atoms with Crippen molar-refractivity contribution in [1.29, 1.82) is 0 Å². The Hall–Kier alpha value is -0.890. The lowest BCUT2D eigenvalue weighted by Gasteiger charge is -2.28. The zero-order valence-corrected chi connectivity index (χ0v) is 17.2. The van der Waals surface area contributed by atoms with E-state index in [2.05, 4.69) is 27.0 Å². The monoisotopic (exact) mass is 436 g/mol. The van der Waals surface area contributed by atoms with E-state index < -0.39 is 0 Å². The van der Waals surface area contributed by atoms with Gasteiger partial charge in [0.1, 0.15) is 5.82 Å². The summed E-state index contributed by atoms with van der Waals surface area (Å²) >= 11 is 0. The molecule has 1 rings (SSSR count). The summed E-state index contributed by atoms with van der Waals surface area (Å²) < 4.78 is 13.1. The number of likely N-dealkylation sites (N-methyl/N-ethyl adjacent to an activating group) is 1. The molecule has 132 valence electrons. The summed E-state index contributed by atoms with van der Waals surface area (Å²) in [5.74, 6) is 0.687. The minimum absolute atomic E-state index is 0. The molecule has 1 unspecified atom stereocenters. The Morgan fingerprint density at radius 2 is 1.83 bits per heavy atom. The highest BCUT2D eigenvalue weighted by molar-refractivity contribution is 14.0. The van der Waals surface area contributed by atoms with Gasteiger partial charge in [0.25, 0.3) is 0 Å². The second kappa shape index (κ2) is 11.6. The first kappa shape index (κ1) is 22.1. The molecule has 4 nitrogen and oxygen atoms in total. The van der Waals surface area contributed by atoms with Crippen molar-refractivity contribution in [2.24, 2.45) is 4.99 Å². The van der Waals surface area contributed by atoms with Crippen LogP contribution >= 0.6 is 24.0 Å². The minimum atomic E-state index is -0.204. The topological polar surface area (TPSA) is 30.9 Å². The van der Waals surface area contributed by atoms with E-state index >= 15 is 0 Å². The van der Waals surface area contributed by atoms with Gasteiger partial charge in [0.2, 0.25) is 0 Å². The van der Waals surface area contributed by atoms with Gasteiger partial charge in [0, 0.05) is 27.2 Å². The molecule has 0 fully saturated rings. The van der Waals surface area contributed by atoms with Crippen molar-refractivity contribution in [3.05, 3.63) is 35.6 Å². The molecule has 0 aliphatic carbocycles. The molecule has 0 radical (unpaired) electrons. The third kappa shape index (κ3) is 7.48. The third-order valence-electron chi connectivity index (χ3n) is 3.75. The lowest BCUT2D eigenvalue weighted by molar-refractivity contribution is 0.295. The van der Waals surface area contributed by atoms with E-state index in [-0.39, 0.29) is 35.8 Å². The van der Waals surface area contributed by atoms with Crippen LogP contribution in [-0.2, 0) is 0 Å². The molecule has 0 spiro atoms. The van der Waals surface area contributed by atoms with Crippen LogP contribution in [0, 0.1) is 5.82 Å². The number of hydrogen-bond donors (Lipinski definition) is 1. The van der Waals surface area contributed by atoms with Crippen molar-refractivity contribution in [2.45, 2.75) is 25.8 Å². The molecular weight excluding hydrogens is 406 g/mol. The van der Waals surface area contributed by atoms with Crippen molar-refractivity contribution in [2.75, 3.05) is 41.3 Å². The van der Waals surface area contributed by atoms with E-state index in [1.807, 2.05) is 33.3 Å². The summed E-state index contributed by atoms with van der Waals surface area (Å²) in [6.07, 6.45) is 2.31. The van der Waals surface area contributed by atoms with Crippen molar-refractivity contribution in [3.8, 4) is 0 Å². The number of benzene rings is 1. The summed E-state index contributed by atoms with van der Waals surface area (Å²) in [5, 5.41) is 3.41. The van der Waals surface area contributed by atoms with Crippen LogP contribution < -0.4 is 5.32 Å². The number of halogens is 2. The van der Waals surface area contributed by atoms with E-state index in [0.717, 1.165) is 37.5 Å². The Kier molecular flexibility index (Phi) is 11.2. The Morgan fingerprint density at radius 3 is 2.30 bits per heavy atom. The van der Waals surface area contributed by atoms with Gasteiger partial charge in [0.15, 0.2) is 5.96 Å². The van der Waals surface area contributed by atoms with Gasteiger partial charge in [-0.05, 0) is 38.2 Å². The van der Waals surface area contributed by atoms with Crippen LogP contribution in [0.5, 0.6) is 0 Å². The zero-order valence-electron chi connectivity index (χ0n) is 14.8. The Labute approximate surface area is 157 Å². The maximum Gasteiger partial charge on any atom is 0.193 e. The quantitative estimate of drug-likeness (QED) is 0.404. The first-order valence-corrected chi connectivity index (χ1v) is 7.83. The molecule has 0 saturated carbocycles. The van der Waals surface area contributed by atoms with E-state index in [1.165, 1.54) is 12.1 Å². The van der Waals surface area contributed by atoms with Crippen LogP contribution in [0.15, 0.2) is 29.3 Å². The number of guanidine groups is 1. The molecule has 0 heterocycles. The predicted octanol–water partition coefficient (Wildman–Crippen LogP) is 3.35. The van der Waals surface area contributed by atoms with Crippen molar-refractivity contribution >= 4 is 29.9 Å². The molecule has 23 heavy (non-hydrogen) atoms. The largest absolute Gasteiger partial charge is 0.354 e. The van der Waals surface area contributed by atoms with E-state index in [4.69, 9.17) is 0 Å². The highest BCUT2D eigenvalue weighted by Gasteiger charge is 2.15. The molecule has 0 saturated heterocycles. The van der Waals surface area contributed by atoms with Crippen LogP contribution in [0.2, 0.25) is 0 Å². The van der Waals surface area contributed by atoms with E-state index in [9.17, 15) is 4.39 Å². The molecule has 1 aromatic rings. The number of unbranched alkanes of at least 4 members (excludes halogenated alkanes) is 1. The lowest BCUT2D eigenvalue weighted by Crippen LogP contribution is -2.43. The average molecular weight is 436 g/mol. The third-order valence-corrected chi connectivity index (χ3v) is 3.75. The number of aliphatic imine (C=N–C) groups is 1. The number of hydrogen-bond acceptors (Lipinski definition) is 2. The van der Waals surface area contributed by atoms with Crippen LogP contribution in [0.25, 0.3) is 0 Å². The smallest absolute Gasteiger partial charge is 0.193 e. The van der Waals surface area contributed by atoms with Crippen molar-refractivity contribution in [1.82, 2.24) is 15.1 Å².